The van der Waals surface area contributed by atoms with Gasteiger partial charge in [0.15, 0.2) is 0 Å². The molecule has 0 amide bonds. The monoisotopic (exact) mass is 166 g/mol. The smallest absolute Gasteiger partial charge is 0.0534 e. The Hall–Kier alpha value is -0.630. The summed E-state index contributed by atoms with van der Waals surface area (Å²) in [5.74, 6) is 0. The summed E-state index contributed by atoms with van der Waals surface area (Å²) in [4.78, 5) is 4.37. The third-order valence-electron chi connectivity index (χ3n) is 2.12. The zero-order valence-corrected chi connectivity index (χ0v) is 7.74. The summed E-state index contributed by atoms with van der Waals surface area (Å²) < 4.78 is 0. The zero-order chi connectivity index (χ0) is 8.81. The van der Waals surface area contributed by atoms with Gasteiger partial charge in [0.1, 0.15) is 0 Å². The van der Waals surface area contributed by atoms with Crippen LogP contribution >= 0.6 is 0 Å². The lowest BCUT2D eigenvalue weighted by molar-refractivity contribution is 0.536. The van der Waals surface area contributed by atoms with Crippen LogP contribution in [0.1, 0.15) is 32.6 Å². The summed E-state index contributed by atoms with van der Waals surface area (Å²) in [7, 11) is 0. The van der Waals surface area contributed by atoms with E-state index >= 15 is 0 Å². The van der Waals surface area contributed by atoms with E-state index in [4.69, 9.17) is 5.73 Å². The molecule has 0 saturated carbocycles. The molecule has 0 spiro atoms. The van der Waals surface area contributed by atoms with Crippen LogP contribution in [0.15, 0.2) is 17.1 Å². The maximum Gasteiger partial charge on any atom is 0.0534 e. The van der Waals surface area contributed by atoms with E-state index in [0.717, 1.165) is 12.8 Å². The largest absolute Gasteiger partial charge is 0.328 e. The highest BCUT2D eigenvalue weighted by molar-refractivity contribution is 5.72. The first kappa shape index (κ1) is 9.46. The molecule has 1 rings (SSSR count). The van der Waals surface area contributed by atoms with Crippen molar-refractivity contribution >= 4 is 6.21 Å². The Kier molecular flexibility index (Phi) is 4.01. The highest BCUT2D eigenvalue weighted by atomic mass is 14.8. The number of dihydropyridines is 1. The fourth-order valence-electron chi connectivity index (χ4n) is 1.40. The van der Waals surface area contributed by atoms with E-state index in [1.807, 2.05) is 12.3 Å². The number of hydrogen-bond acceptors (Lipinski definition) is 2. The predicted octanol–water partition coefficient (Wildman–Crippen LogP) is 1.90. The van der Waals surface area contributed by atoms with E-state index in [1.165, 1.54) is 12.8 Å². The minimum absolute atomic E-state index is 0.341. The molecule has 1 heterocycles. The van der Waals surface area contributed by atoms with Crippen LogP contribution in [0, 0.1) is 0 Å². The highest BCUT2D eigenvalue weighted by Gasteiger charge is 2.05. The third-order valence-corrected chi connectivity index (χ3v) is 2.12. The molecule has 2 nitrogen and oxygen atoms in total. The normalized spacial score (nSPS) is 24.3. The Morgan fingerprint density at radius 1 is 1.67 bits per heavy atom. The Morgan fingerprint density at radius 3 is 3.08 bits per heavy atom. The van der Waals surface area contributed by atoms with Gasteiger partial charge in [-0.3, -0.25) is 4.99 Å². The molecule has 12 heavy (non-hydrogen) atoms. The van der Waals surface area contributed by atoms with Crippen molar-refractivity contribution in [1.29, 1.82) is 0 Å². The molecule has 2 heteroatoms. The van der Waals surface area contributed by atoms with Gasteiger partial charge in [-0.1, -0.05) is 6.08 Å². The molecule has 0 aliphatic carbocycles. The third kappa shape index (κ3) is 3.67. The molecule has 0 fully saturated rings. The molecule has 0 radical (unpaired) electrons. The fourth-order valence-corrected chi connectivity index (χ4v) is 1.40. The maximum atomic E-state index is 5.66. The van der Waals surface area contributed by atoms with E-state index in [1.54, 1.807) is 0 Å². The lowest BCUT2D eigenvalue weighted by Crippen LogP contribution is -2.15. The molecule has 2 N–H and O–H groups in total. The lowest BCUT2D eigenvalue weighted by Gasteiger charge is -2.12. The van der Waals surface area contributed by atoms with Crippen molar-refractivity contribution in [2.75, 3.05) is 0 Å². The van der Waals surface area contributed by atoms with Gasteiger partial charge in [-0.05, 0) is 38.7 Å². The van der Waals surface area contributed by atoms with E-state index in [2.05, 4.69) is 18.0 Å². The Balaban J connectivity index is 2.07. The lowest BCUT2D eigenvalue weighted by atomic mass is 10.0. The number of hydrogen-bond donors (Lipinski definition) is 1. The molecular weight excluding hydrogens is 148 g/mol. The van der Waals surface area contributed by atoms with Gasteiger partial charge in [0, 0.05) is 12.3 Å². The van der Waals surface area contributed by atoms with Crippen LogP contribution < -0.4 is 5.73 Å². The van der Waals surface area contributed by atoms with Crippen molar-refractivity contribution in [1.82, 2.24) is 0 Å². The quantitative estimate of drug-likeness (QED) is 0.680. The van der Waals surface area contributed by atoms with Crippen LogP contribution in [0.5, 0.6) is 0 Å². The van der Waals surface area contributed by atoms with Gasteiger partial charge in [-0.2, -0.15) is 0 Å². The Bertz CT molecular complexity index is 171. The zero-order valence-electron chi connectivity index (χ0n) is 7.74. The van der Waals surface area contributed by atoms with E-state index in [9.17, 15) is 0 Å². The van der Waals surface area contributed by atoms with E-state index < -0.39 is 0 Å². The van der Waals surface area contributed by atoms with Crippen LogP contribution in [0.2, 0.25) is 0 Å². The van der Waals surface area contributed by atoms with Crippen LogP contribution in [-0.4, -0.2) is 18.3 Å². The number of allylic oxidation sites excluding steroid dienone is 1. The molecule has 1 aliphatic rings. The summed E-state index contributed by atoms with van der Waals surface area (Å²) in [5.41, 5.74) is 5.66. The molecular formula is C10H18N2. The molecule has 0 saturated heterocycles. The second kappa shape index (κ2) is 5.09. The number of aliphatic imine (C=N–C) groups is 1. The van der Waals surface area contributed by atoms with Crippen molar-refractivity contribution in [2.24, 2.45) is 10.7 Å². The second-order valence-corrected chi connectivity index (χ2v) is 3.52. The maximum absolute atomic E-state index is 5.66. The predicted molar refractivity (Wildman–Crippen MR) is 53.5 cm³/mol. The number of nitrogens with two attached hydrogens (primary N) is 1. The minimum atomic E-state index is 0.341. The van der Waals surface area contributed by atoms with Gasteiger partial charge in [0.2, 0.25) is 0 Å². The Labute approximate surface area is 74.6 Å². The van der Waals surface area contributed by atoms with Crippen molar-refractivity contribution in [3.63, 3.8) is 0 Å². The van der Waals surface area contributed by atoms with Crippen LogP contribution in [0.4, 0.5) is 0 Å². The standard InChI is InChI=1S/C10H18N2/c1-9(11)5-4-7-10-6-2-3-8-12-10/h2-3,8-10H,4-7,11H2,1H3. The Morgan fingerprint density at radius 2 is 2.50 bits per heavy atom. The SMILES string of the molecule is CC(N)CCCC1CC=CC=N1. The molecule has 0 aromatic carbocycles. The summed E-state index contributed by atoms with van der Waals surface area (Å²) in [6.07, 6.45) is 10.7. The van der Waals surface area contributed by atoms with Gasteiger partial charge in [0.05, 0.1) is 6.04 Å². The molecule has 0 bridgehead atoms. The average molecular weight is 166 g/mol. The first-order valence-electron chi connectivity index (χ1n) is 4.73. The average Bonchev–Trinajstić information content (AvgIpc) is 2.05. The van der Waals surface area contributed by atoms with E-state index in [0.29, 0.717) is 12.1 Å². The van der Waals surface area contributed by atoms with Crippen LogP contribution in [0.3, 0.4) is 0 Å². The molecule has 1 aliphatic heterocycles. The van der Waals surface area contributed by atoms with Crippen molar-refractivity contribution in [3.05, 3.63) is 12.2 Å². The summed E-state index contributed by atoms with van der Waals surface area (Å²) >= 11 is 0. The van der Waals surface area contributed by atoms with Crippen molar-refractivity contribution in [3.8, 4) is 0 Å². The van der Waals surface area contributed by atoms with Gasteiger partial charge >= 0.3 is 0 Å². The molecule has 2 atom stereocenters. The summed E-state index contributed by atoms with van der Waals surface area (Å²) in [6, 6.07) is 0.863. The molecule has 2 unspecified atom stereocenters. The van der Waals surface area contributed by atoms with Crippen LogP contribution in [0.25, 0.3) is 0 Å². The second-order valence-electron chi connectivity index (χ2n) is 3.52. The number of nitrogens with zero attached hydrogens (tertiary/aromatic N) is 1. The topological polar surface area (TPSA) is 38.4 Å². The van der Waals surface area contributed by atoms with Gasteiger partial charge in [-0.15, -0.1) is 0 Å². The number of rotatable bonds is 4. The first-order chi connectivity index (χ1) is 5.79. The molecule has 68 valence electrons. The van der Waals surface area contributed by atoms with Crippen molar-refractivity contribution in [2.45, 2.75) is 44.7 Å². The van der Waals surface area contributed by atoms with Crippen LogP contribution in [-0.2, 0) is 0 Å². The van der Waals surface area contributed by atoms with Gasteiger partial charge in [0.25, 0.3) is 0 Å². The summed E-state index contributed by atoms with van der Waals surface area (Å²) in [6.45, 7) is 2.06. The first-order valence-corrected chi connectivity index (χ1v) is 4.73. The van der Waals surface area contributed by atoms with Gasteiger partial charge < -0.3 is 5.73 Å². The fraction of sp³-hybridized carbons (Fsp3) is 0.700. The van der Waals surface area contributed by atoms with E-state index in [-0.39, 0.29) is 0 Å². The minimum Gasteiger partial charge on any atom is -0.328 e. The summed E-state index contributed by atoms with van der Waals surface area (Å²) in [5, 5.41) is 0. The highest BCUT2D eigenvalue weighted by Crippen LogP contribution is 2.12. The molecule has 0 aromatic heterocycles. The van der Waals surface area contributed by atoms with Gasteiger partial charge in [-0.25, -0.2) is 0 Å². The van der Waals surface area contributed by atoms with Crippen molar-refractivity contribution < 1.29 is 0 Å². The molecule has 0 aromatic rings.